The molecule has 0 saturated carbocycles. The molecule has 1 aliphatic heterocycles. The molecule has 2 aromatic carbocycles. The molecular formula is C29H24F3N5O. The van der Waals surface area contributed by atoms with Crippen molar-refractivity contribution < 1.29 is 18.0 Å². The monoisotopic (exact) mass is 515 g/mol. The summed E-state index contributed by atoms with van der Waals surface area (Å²) in [6.45, 7) is 1.25. The van der Waals surface area contributed by atoms with Gasteiger partial charge in [0.2, 0.25) is 0 Å². The number of nitrogens with zero attached hydrogens (tertiary/aromatic N) is 3. The zero-order valence-corrected chi connectivity index (χ0v) is 20.3. The van der Waals surface area contributed by atoms with Crippen molar-refractivity contribution in [3.05, 3.63) is 102 Å². The number of rotatable bonds is 5. The Morgan fingerprint density at radius 3 is 2.24 bits per heavy atom. The molecule has 9 heteroatoms. The summed E-state index contributed by atoms with van der Waals surface area (Å²) in [5.74, 6) is -0.212. The standard InChI is InChI=1S/C29H24F3N5O/c30-29(31,32)26-23(17-24(36-26)20-7-3-1-4-8-20)27(38)35-22-11-12-25(34-18-22)37-15-13-28(19-33,14-16-37)21-9-5-2-6-10-21/h1-12,17-18,36H,13-16H2,(H,35,38). The minimum atomic E-state index is -4.73. The number of carbonyl (C=O) groups is 1. The summed E-state index contributed by atoms with van der Waals surface area (Å²) in [6.07, 6.45) is -2.01. The highest BCUT2D eigenvalue weighted by atomic mass is 19.4. The number of benzene rings is 2. The van der Waals surface area contributed by atoms with Crippen molar-refractivity contribution >= 4 is 17.4 Å². The number of anilines is 2. The number of piperidine rings is 1. The van der Waals surface area contributed by atoms with Gasteiger partial charge in [-0.05, 0) is 42.2 Å². The van der Waals surface area contributed by atoms with Gasteiger partial charge in [-0.2, -0.15) is 18.4 Å². The van der Waals surface area contributed by atoms with Gasteiger partial charge in [-0.3, -0.25) is 4.79 Å². The third-order valence-corrected chi connectivity index (χ3v) is 6.92. The molecule has 6 nitrogen and oxygen atoms in total. The molecular weight excluding hydrogens is 491 g/mol. The predicted octanol–water partition coefficient (Wildman–Crippen LogP) is 6.41. The number of alkyl halides is 3. The van der Waals surface area contributed by atoms with Gasteiger partial charge in [-0.1, -0.05) is 60.7 Å². The second-order valence-electron chi connectivity index (χ2n) is 9.24. The number of amides is 1. The molecule has 0 spiro atoms. The fourth-order valence-corrected chi connectivity index (χ4v) is 4.82. The number of pyridine rings is 1. The van der Waals surface area contributed by atoms with Gasteiger partial charge < -0.3 is 15.2 Å². The minimum absolute atomic E-state index is 0.200. The Balaban J connectivity index is 1.29. The van der Waals surface area contributed by atoms with Crippen LogP contribution in [0.15, 0.2) is 85.1 Å². The van der Waals surface area contributed by atoms with E-state index >= 15 is 0 Å². The van der Waals surface area contributed by atoms with Gasteiger partial charge in [0.15, 0.2) is 0 Å². The zero-order chi connectivity index (χ0) is 26.8. The van der Waals surface area contributed by atoms with E-state index in [0.717, 1.165) is 5.56 Å². The lowest BCUT2D eigenvalue weighted by atomic mass is 9.74. The Morgan fingerprint density at radius 2 is 1.66 bits per heavy atom. The lowest BCUT2D eigenvalue weighted by Gasteiger charge is -2.38. The first kappa shape index (κ1) is 25.1. The molecule has 1 aliphatic rings. The van der Waals surface area contributed by atoms with Crippen LogP contribution in [-0.2, 0) is 11.6 Å². The maximum absolute atomic E-state index is 13.7. The first-order valence-electron chi connectivity index (χ1n) is 12.1. The topological polar surface area (TPSA) is 84.8 Å². The highest BCUT2D eigenvalue weighted by Crippen LogP contribution is 2.37. The van der Waals surface area contributed by atoms with E-state index in [9.17, 15) is 23.2 Å². The molecule has 3 heterocycles. The molecule has 5 rings (SSSR count). The summed E-state index contributed by atoms with van der Waals surface area (Å²) in [5, 5.41) is 12.4. The van der Waals surface area contributed by atoms with Crippen molar-refractivity contribution in [2.45, 2.75) is 24.4 Å². The second kappa shape index (κ2) is 10.1. The van der Waals surface area contributed by atoms with E-state index < -0.39 is 28.8 Å². The number of carbonyl (C=O) groups excluding carboxylic acids is 1. The van der Waals surface area contributed by atoms with E-state index in [1.165, 1.54) is 12.3 Å². The number of hydrogen-bond donors (Lipinski definition) is 2. The molecule has 2 N–H and O–H groups in total. The molecule has 4 aromatic rings. The summed E-state index contributed by atoms with van der Waals surface area (Å²) >= 11 is 0. The van der Waals surface area contributed by atoms with Crippen molar-refractivity contribution in [3.63, 3.8) is 0 Å². The molecule has 1 fully saturated rings. The lowest BCUT2D eigenvalue weighted by molar-refractivity contribution is -0.141. The third kappa shape index (κ3) is 4.98. The number of hydrogen-bond acceptors (Lipinski definition) is 4. The number of aromatic nitrogens is 2. The van der Waals surface area contributed by atoms with Gasteiger partial charge in [0.1, 0.15) is 11.5 Å². The smallest absolute Gasteiger partial charge is 0.356 e. The lowest BCUT2D eigenvalue weighted by Crippen LogP contribution is -2.42. The van der Waals surface area contributed by atoms with Crippen molar-refractivity contribution in [2.24, 2.45) is 0 Å². The Morgan fingerprint density at radius 1 is 1.00 bits per heavy atom. The van der Waals surface area contributed by atoms with Gasteiger partial charge in [0.25, 0.3) is 5.91 Å². The summed E-state index contributed by atoms with van der Waals surface area (Å²) in [5.41, 5.74) is -0.121. The largest absolute Gasteiger partial charge is 0.432 e. The molecule has 0 atom stereocenters. The molecule has 1 amide bonds. The molecule has 0 aliphatic carbocycles. The van der Waals surface area contributed by atoms with E-state index in [0.29, 0.717) is 37.3 Å². The molecule has 0 bridgehead atoms. The third-order valence-electron chi connectivity index (χ3n) is 6.92. The van der Waals surface area contributed by atoms with Crippen LogP contribution in [0, 0.1) is 11.3 Å². The molecule has 38 heavy (non-hydrogen) atoms. The average molecular weight is 516 g/mol. The summed E-state index contributed by atoms with van der Waals surface area (Å²) in [4.78, 5) is 21.7. The molecule has 2 aromatic heterocycles. The second-order valence-corrected chi connectivity index (χ2v) is 9.24. The number of halogens is 3. The average Bonchev–Trinajstić information content (AvgIpc) is 3.41. The van der Waals surface area contributed by atoms with Crippen LogP contribution in [0.2, 0.25) is 0 Å². The van der Waals surface area contributed by atoms with Crippen LogP contribution in [-0.4, -0.2) is 29.0 Å². The van der Waals surface area contributed by atoms with Crippen molar-refractivity contribution in [1.82, 2.24) is 9.97 Å². The van der Waals surface area contributed by atoms with Crippen LogP contribution >= 0.6 is 0 Å². The van der Waals surface area contributed by atoms with Gasteiger partial charge in [0, 0.05) is 18.8 Å². The van der Waals surface area contributed by atoms with E-state index in [1.807, 2.05) is 30.3 Å². The quantitative estimate of drug-likeness (QED) is 0.322. The van der Waals surface area contributed by atoms with E-state index in [1.54, 1.807) is 42.5 Å². The Kier molecular flexibility index (Phi) is 6.64. The first-order valence-corrected chi connectivity index (χ1v) is 12.1. The van der Waals surface area contributed by atoms with Crippen molar-refractivity contribution in [2.75, 3.05) is 23.3 Å². The summed E-state index contributed by atoms with van der Waals surface area (Å²) in [6, 6.07) is 25.3. The fraction of sp³-hybridized carbons (Fsp3) is 0.207. The Hall–Kier alpha value is -4.58. The van der Waals surface area contributed by atoms with Crippen LogP contribution in [0.25, 0.3) is 11.3 Å². The Labute approximate surface area is 217 Å². The normalized spacial score (nSPS) is 15.1. The highest BCUT2D eigenvalue weighted by Gasteiger charge is 2.38. The SMILES string of the molecule is N#CC1(c2ccccc2)CCN(c2ccc(NC(=O)c3cc(-c4ccccc4)[nH]c3C(F)(F)F)cn2)CC1. The predicted molar refractivity (Wildman–Crippen MR) is 139 cm³/mol. The minimum Gasteiger partial charge on any atom is -0.356 e. The molecule has 0 unspecified atom stereocenters. The molecule has 0 radical (unpaired) electrons. The molecule has 1 saturated heterocycles. The number of aromatic amines is 1. The van der Waals surface area contributed by atoms with Crippen LogP contribution < -0.4 is 10.2 Å². The van der Waals surface area contributed by atoms with Gasteiger partial charge in [-0.25, -0.2) is 4.98 Å². The number of H-pyrrole nitrogens is 1. The van der Waals surface area contributed by atoms with Crippen molar-refractivity contribution in [3.8, 4) is 17.3 Å². The highest BCUT2D eigenvalue weighted by molar-refractivity contribution is 6.06. The van der Waals surface area contributed by atoms with Crippen LogP contribution in [0.1, 0.15) is 34.5 Å². The summed E-state index contributed by atoms with van der Waals surface area (Å²) < 4.78 is 41.0. The van der Waals surface area contributed by atoms with E-state index in [2.05, 4.69) is 26.3 Å². The van der Waals surface area contributed by atoms with Gasteiger partial charge in [-0.15, -0.1) is 0 Å². The van der Waals surface area contributed by atoms with E-state index in [-0.39, 0.29) is 11.4 Å². The van der Waals surface area contributed by atoms with Crippen LogP contribution in [0.4, 0.5) is 24.7 Å². The van der Waals surface area contributed by atoms with Crippen molar-refractivity contribution in [1.29, 1.82) is 5.26 Å². The van der Waals surface area contributed by atoms with Crippen LogP contribution in [0.5, 0.6) is 0 Å². The Bertz CT molecular complexity index is 1450. The maximum atomic E-state index is 13.7. The fourth-order valence-electron chi connectivity index (χ4n) is 4.82. The summed E-state index contributed by atoms with van der Waals surface area (Å²) in [7, 11) is 0. The van der Waals surface area contributed by atoms with Crippen LogP contribution in [0.3, 0.4) is 0 Å². The maximum Gasteiger partial charge on any atom is 0.432 e. The van der Waals surface area contributed by atoms with Gasteiger partial charge >= 0.3 is 6.18 Å². The number of nitriles is 1. The molecule has 192 valence electrons. The first-order chi connectivity index (χ1) is 18.3. The zero-order valence-electron chi connectivity index (χ0n) is 20.3. The van der Waals surface area contributed by atoms with E-state index in [4.69, 9.17) is 0 Å². The van der Waals surface area contributed by atoms with Gasteiger partial charge in [0.05, 0.1) is 28.9 Å². The number of nitrogens with one attached hydrogen (secondary N) is 2.